The highest BCUT2D eigenvalue weighted by atomic mass is 31.2. The van der Waals surface area contributed by atoms with E-state index >= 15 is 4.39 Å². The van der Waals surface area contributed by atoms with Crippen LogP contribution in [0.1, 0.15) is 40.3 Å². The number of esters is 1. The standard InChI is InChI=1S/C29H34FN6O7P/c1-17(2)41-26(37)18(3)33-16-44(38,43-22-12-8-10-19-9-6-7-11-21(19)22)40-14-20-13-29(4,30)27(42-20)36-15-32-23-24(36)34-28(31)35-25(23)39-5/h6-12,15-18,20,27H,13-14H2,1-5H3,(H2,31,34,35)/t18-,20?,27?,29?,44?/m0/s1. The predicted octanol–water partition coefficient (Wildman–Crippen LogP) is 5.24. The van der Waals surface area contributed by atoms with Gasteiger partial charge in [0, 0.05) is 11.8 Å². The van der Waals surface area contributed by atoms with Crippen molar-refractivity contribution in [3.05, 3.63) is 48.8 Å². The van der Waals surface area contributed by atoms with Crippen molar-refractivity contribution in [3.63, 3.8) is 0 Å². The van der Waals surface area contributed by atoms with Gasteiger partial charge in [-0.1, -0.05) is 36.4 Å². The predicted molar refractivity (Wildman–Crippen MR) is 162 cm³/mol. The summed E-state index contributed by atoms with van der Waals surface area (Å²) in [5.74, 6) is 0.731. The van der Waals surface area contributed by atoms with E-state index in [9.17, 15) is 9.36 Å². The number of fused-ring (bicyclic) bond motifs is 2. The number of carbonyl (C=O) groups excluding carboxylic acids is 1. The molecule has 13 nitrogen and oxygen atoms in total. The number of aliphatic imine (C=N–C) groups is 1. The number of nitrogens with zero attached hydrogens (tertiary/aromatic N) is 5. The Morgan fingerprint density at radius 2 is 2.00 bits per heavy atom. The Labute approximate surface area is 253 Å². The zero-order chi connectivity index (χ0) is 31.6. The lowest BCUT2D eigenvalue weighted by Gasteiger charge is -2.22. The van der Waals surface area contributed by atoms with Crippen LogP contribution in [0.5, 0.6) is 11.6 Å². The summed E-state index contributed by atoms with van der Waals surface area (Å²) in [4.78, 5) is 28.9. The van der Waals surface area contributed by atoms with E-state index in [0.29, 0.717) is 5.39 Å². The summed E-state index contributed by atoms with van der Waals surface area (Å²) in [6.45, 7) is 5.99. The van der Waals surface area contributed by atoms with E-state index in [0.717, 1.165) is 11.3 Å². The number of anilines is 1. The molecule has 5 rings (SSSR count). The van der Waals surface area contributed by atoms with Crippen molar-refractivity contribution in [2.75, 3.05) is 19.5 Å². The molecule has 0 saturated carbocycles. The Balaban J connectivity index is 1.39. The zero-order valence-electron chi connectivity index (χ0n) is 24.9. The second kappa shape index (κ2) is 12.5. The summed E-state index contributed by atoms with van der Waals surface area (Å²) >= 11 is 0. The smallest absolute Gasteiger partial charge is 0.421 e. The molecular formula is C29H34FN6O7P. The van der Waals surface area contributed by atoms with Crippen molar-refractivity contribution in [2.45, 2.75) is 64.3 Å². The van der Waals surface area contributed by atoms with Crippen molar-refractivity contribution in [1.82, 2.24) is 19.5 Å². The number of imidazole rings is 1. The second-order valence-electron chi connectivity index (χ2n) is 10.8. The van der Waals surface area contributed by atoms with E-state index in [1.807, 2.05) is 30.3 Å². The molecule has 1 fully saturated rings. The van der Waals surface area contributed by atoms with Crippen LogP contribution in [-0.4, -0.2) is 69.1 Å². The first kappa shape index (κ1) is 31.3. The van der Waals surface area contributed by atoms with Crippen LogP contribution >= 0.6 is 7.60 Å². The molecule has 3 heterocycles. The molecule has 2 aromatic carbocycles. The van der Waals surface area contributed by atoms with Crippen LogP contribution in [-0.2, 0) is 23.4 Å². The van der Waals surface area contributed by atoms with Crippen LogP contribution in [0.4, 0.5) is 10.3 Å². The number of nitrogens with two attached hydrogens (primary N) is 1. The van der Waals surface area contributed by atoms with Gasteiger partial charge in [0.15, 0.2) is 23.1 Å². The lowest BCUT2D eigenvalue weighted by atomic mass is 10.0. The maximum atomic E-state index is 16.0. The first-order valence-electron chi connectivity index (χ1n) is 13.9. The first-order chi connectivity index (χ1) is 20.9. The van der Waals surface area contributed by atoms with Gasteiger partial charge < -0.3 is 24.5 Å². The van der Waals surface area contributed by atoms with Crippen molar-refractivity contribution >= 4 is 47.4 Å². The maximum absolute atomic E-state index is 16.0. The minimum absolute atomic E-state index is 0.0770. The average Bonchev–Trinajstić information content (AvgIpc) is 3.53. The van der Waals surface area contributed by atoms with E-state index in [2.05, 4.69) is 19.9 Å². The molecule has 0 bridgehead atoms. The van der Waals surface area contributed by atoms with Gasteiger partial charge in [-0.3, -0.25) is 14.1 Å². The number of halogens is 1. The molecule has 1 saturated heterocycles. The monoisotopic (exact) mass is 628 g/mol. The van der Waals surface area contributed by atoms with Gasteiger partial charge in [-0.05, 0) is 39.1 Å². The molecule has 0 radical (unpaired) electrons. The normalized spacial score (nSPS) is 22.4. The molecule has 44 heavy (non-hydrogen) atoms. The molecule has 5 atom stereocenters. The molecular weight excluding hydrogens is 594 g/mol. The molecule has 2 N–H and O–H groups in total. The summed E-state index contributed by atoms with van der Waals surface area (Å²) < 4.78 is 59.8. The molecule has 1 aliphatic heterocycles. The van der Waals surface area contributed by atoms with Crippen molar-refractivity contribution < 1.29 is 37.0 Å². The molecule has 4 unspecified atom stereocenters. The Bertz CT molecular complexity index is 1740. The third-order valence-electron chi connectivity index (χ3n) is 6.86. The van der Waals surface area contributed by atoms with Crippen LogP contribution in [0.3, 0.4) is 0 Å². The van der Waals surface area contributed by atoms with Crippen LogP contribution < -0.4 is 15.0 Å². The number of nitrogen functional groups attached to an aromatic ring is 1. The van der Waals surface area contributed by atoms with Crippen molar-refractivity contribution in [2.24, 2.45) is 4.99 Å². The van der Waals surface area contributed by atoms with Crippen LogP contribution in [0, 0.1) is 0 Å². The largest absolute Gasteiger partial charge is 0.479 e. The Morgan fingerprint density at radius 1 is 1.25 bits per heavy atom. The van der Waals surface area contributed by atoms with Gasteiger partial charge in [0.25, 0.3) is 0 Å². The molecule has 1 aliphatic rings. The number of alkyl halides is 1. The van der Waals surface area contributed by atoms with E-state index < -0.39 is 37.6 Å². The SMILES string of the molecule is COc1nc(N)nc2c1ncn2C1OC(COP(=O)(C=N[C@@H](C)C(=O)OC(C)C)Oc2cccc3ccccc23)CC1(C)F. The molecule has 0 amide bonds. The fraction of sp³-hybridized carbons (Fsp3) is 0.414. The summed E-state index contributed by atoms with van der Waals surface area (Å²) in [5.41, 5.74) is 4.43. The fourth-order valence-electron chi connectivity index (χ4n) is 4.85. The number of methoxy groups -OCH3 is 1. The zero-order valence-corrected chi connectivity index (χ0v) is 25.8. The van der Waals surface area contributed by atoms with Crippen LogP contribution in [0.2, 0.25) is 0 Å². The number of hydrogen-bond acceptors (Lipinski definition) is 12. The van der Waals surface area contributed by atoms with Crippen LogP contribution in [0.25, 0.3) is 21.9 Å². The van der Waals surface area contributed by atoms with Gasteiger partial charge in [0.05, 0.1) is 32.3 Å². The van der Waals surface area contributed by atoms with Gasteiger partial charge in [0.1, 0.15) is 17.7 Å². The van der Waals surface area contributed by atoms with E-state index in [4.69, 9.17) is 29.0 Å². The lowest BCUT2D eigenvalue weighted by Crippen LogP contribution is -2.27. The fourth-order valence-corrected chi connectivity index (χ4v) is 6.19. The minimum Gasteiger partial charge on any atom is -0.479 e. The molecule has 15 heteroatoms. The first-order valence-corrected chi connectivity index (χ1v) is 15.5. The topological polar surface area (TPSA) is 162 Å². The summed E-state index contributed by atoms with van der Waals surface area (Å²) in [6.07, 6.45) is -1.12. The van der Waals surface area contributed by atoms with Gasteiger partial charge in [-0.2, -0.15) is 9.97 Å². The van der Waals surface area contributed by atoms with E-state index in [-0.39, 0.29) is 47.9 Å². The highest BCUT2D eigenvalue weighted by Crippen LogP contribution is 2.50. The summed E-state index contributed by atoms with van der Waals surface area (Å²) in [5, 5.41) is 1.54. The summed E-state index contributed by atoms with van der Waals surface area (Å²) in [7, 11) is -2.77. The Hall–Kier alpha value is -4.13. The number of ether oxygens (including phenoxy) is 3. The Morgan fingerprint density at radius 3 is 2.75 bits per heavy atom. The molecule has 2 aromatic heterocycles. The van der Waals surface area contributed by atoms with Gasteiger partial charge >= 0.3 is 13.6 Å². The van der Waals surface area contributed by atoms with Gasteiger partial charge in [-0.15, -0.1) is 0 Å². The number of benzene rings is 2. The molecule has 0 spiro atoms. The number of aromatic nitrogens is 4. The minimum atomic E-state index is -4.18. The molecule has 4 aromatic rings. The van der Waals surface area contributed by atoms with Crippen molar-refractivity contribution in [3.8, 4) is 11.6 Å². The number of hydrogen-bond donors (Lipinski definition) is 1. The van der Waals surface area contributed by atoms with Gasteiger partial charge in [0.2, 0.25) is 11.8 Å². The van der Waals surface area contributed by atoms with Crippen LogP contribution in [0.15, 0.2) is 53.8 Å². The maximum Gasteiger partial charge on any atom is 0.421 e. The third kappa shape index (κ3) is 6.67. The van der Waals surface area contributed by atoms with E-state index in [1.165, 1.54) is 31.9 Å². The lowest BCUT2D eigenvalue weighted by molar-refractivity contribution is -0.148. The average molecular weight is 629 g/mol. The second-order valence-corrected chi connectivity index (χ2v) is 12.6. The molecule has 234 valence electrons. The highest BCUT2D eigenvalue weighted by molar-refractivity contribution is 7.70. The highest BCUT2D eigenvalue weighted by Gasteiger charge is 2.48. The quantitative estimate of drug-likeness (QED) is 0.131. The van der Waals surface area contributed by atoms with Gasteiger partial charge in [-0.25, -0.2) is 18.7 Å². The third-order valence-corrected chi connectivity index (χ3v) is 8.23. The van der Waals surface area contributed by atoms with E-state index in [1.54, 1.807) is 26.0 Å². The molecule has 0 aliphatic carbocycles. The number of carbonyl (C=O) groups is 1. The number of rotatable bonds is 11. The van der Waals surface area contributed by atoms with Crippen molar-refractivity contribution in [1.29, 1.82) is 0 Å². The summed E-state index contributed by atoms with van der Waals surface area (Å²) in [6, 6.07) is 11.7. The Kier molecular flexibility index (Phi) is 8.87.